The molecule has 12 aromatic rings. The third kappa shape index (κ3) is 6.25. The van der Waals surface area contributed by atoms with E-state index >= 15 is 0 Å². The quantitative estimate of drug-likeness (QED) is 0.160. The van der Waals surface area contributed by atoms with E-state index in [1.807, 2.05) is 11.8 Å². The highest BCUT2D eigenvalue weighted by atomic mass is 32.2. The lowest BCUT2D eigenvalue weighted by Crippen LogP contribution is -2.60. The van der Waals surface area contributed by atoms with Crippen LogP contribution in [0.1, 0.15) is 37.5 Å². The van der Waals surface area contributed by atoms with Gasteiger partial charge >= 0.3 is 0 Å². The minimum Gasteiger partial charge on any atom is -0.310 e. The fourth-order valence-corrected chi connectivity index (χ4v) is 13.4. The molecule has 2 aliphatic heterocycles. The van der Waals surface area contributed by atoms with Crippen LogP contribution in [0, 0.1) is 13.8 Å². The molecule has 3 nitrogen and oxygen atoms in total. The van der Waals surface area contributed by atoms with Crippen molar-refractivity contribution in [3.8, 4) is 33.6 Å². The van der Waals surface area contributed by atoms with Gasteiger partial charge in [-0.1, -0.05) is 190 Å². The topological polar surface area (TPSA) is 13.1 Å². The number of fused-ring (bicyclic) bond motifs is 10. The van der Waals surface area contributed by atoms with E-state index in [-0.39, 0.29) is 12.1 Å². The Morgan fingerprint density at radius 2 is 0.915 bits per heavy atom. The summed E-state index contributed by atoms with van der Waals surface area (Å²) in [5, 5.41) is 5.08. The molecule has 4 heterocycles. The van der Waals surface area contributed by atoms with Crippen molar-refractivity contribution in [1.29, 1.82) is 0 Å². The smallest absolute Gasteiger partial charge is 0.249 e. The van der Waals surface area contributed by atoms with Crippen LogP contribution < -0.4 is 21.3 Å². The number of anilines is 3. The third-order valence-electron chi connectivity index (χ3n) is 15.5. The summed E-state index contributed by atoms with van der Waals surface area (Å²) in [6, 6.07) is 79.3. The van der Waals surface area contributed by atoms with Gasteiger partial charge in [0.1, 0.15) is 0 Å². The molecule has 0 radical (unpaired) electrons. The number of hydrogen-bond donors (Lipinski definition) is 0. The molecule has 0 unspecified atom stereocenters. The van der Waals surface area contributed by atoms with Crippen LogP contribution in [0.3, 0.4) is 0 Å². The van der Waals surface area contributed by atoms with Gasteiger partial charge in [-0.05, 0) is 124 Å². The molecule has 5 heteroatoms. The average molecular weight is 928 g/mol. The Morgan fingerprint density at radius 3 is 1.52 bits per heavy atom. The zero-order valence-corrected chi connectivity index (χ0v) is 41.4. The van der Waals surface area contributed by atoms with Crippen LogP contribution in [-0.2, 0) is 5.41 Å². The summed E-state index contributed by atoms with van der Waals surface area (Å²) in [5.41, 5.74) is 23.6. The predicted octanol–water partition coefficient (Wildman–Crippen LogP) is 15.9. The van der Waals surface area contributed by atoms with Gasteiger partial charge in [0.2, 0.25) is 6.71 Å². The summed E-state index contributed by atoms with van der Waals surface area (Å²) in [7, 11) is 0. The van der Waals surface area contributed by atoms with Crippen molar-refractivity contribution in [2.45, 2.75) is 49.8 Å². The van der Waals surface area contributed by atoms with Crippen molar-refractivity contribution in [3.05, 3.63) is 229 Å². The first-order valence-corrected chi connectivity index (χ1v) is 25.7. The van der Waals surface area contributed by atoms with Gasteiger partial charge in [-0.2, -0.15) is 0 Å². The molecule has 0 fully saturated rings. The summed E-state index contributed by atoms with van der Waals surface area (Å²) in [6.07, 6.45) is 0. The Bertz CT molecular complexity index is 4070. The normalized spacial score (nSPS) is 13.0. The fraction of sp³-hybridized carbons (Fsp3) is 0.0909. The molecular formula is C66H50BN3S. The van der Waals surface area contributed by atoms with E-state index in [4.69, 9.17) is 0 Å². The molecular weight excluding hydrogens is 878 g/mol. The Balaban J connectivity index is 1.07. The van der Waals surface area contributed by atoms with Crippen LogP contribution in [0.2, 0.25) is 0 Å². The van der Waals surface area contributed by atoms with Gasteiger partial charge in [0, 0.05) is 48.3 Å². The minimum atomic E-state index is -0.114. The number of para-hydroxylation sites is 5. The number of rotatable bonds is 5. The highest BCUT2D eigenvalue weighted by Gasteiger charge is 2.44. The Labute approximate surface area is 419 Å². The van der Waals surface area contributed by atoms with E-state index < -0.39 is 0 Å². The molecule has 71 heavy (non-hydrogen) atoms. The molecule has 0 saturated carbocycles. The summed E-state index contributed by atoms with van der Waals surface area (Å²) in [5.74, 6) is 0. The molecule has 2 aromatic heterocycles. The maximum atomic E-state index is 2.65. The molecule has 0 saturated heterocycles. The molecule has 338 valence electrons. The van der Waals surface area contributed by atoms with Crippen LogP contribution in [0.15, 0.2) is 222 Å². The number of benzene rings is 10. The Morgan fingerprint density at radius 1 is 0.408 bits per heavy atom. The largest absolute Gasteiger partial charge is 0.310 e. The first-order valence-electron chi connectivity index (χ1n) is 24.9. The van der Waals surface area contributed by atoms with Gasteiger partial charge < -0.3 is 14.0 Å². The van der Waals surface area contributed by atoms with E-state index in [2.05, 4.69) is 261 Å². The van der Waals surface area contributed by atoms with Crippen LogP contribution >= 0.6 is 11.8 Å². The Kier molecular flexibility index (Phi) is 9.31. The van der Waals surface area contributed by atoms with Gasteiger partial charge in [0.25, 0.3) is 0 Å². The van der Waals surface area contributed by atoms with Gasteiger partial charge in [0.15, 0.2) is 0 Å². The summed E-state index contributed by atoms with van der Waals surface area (Å²) < 4.78 is 5.00. The van der Waals surface area contributed by atoms with E-state index in [0.29, 0.717) is 0 Å². The fourth-order valence-electron chi connectivity index (χ4n) is 12.1. The van der Waals surface area contributed by atoms with E-state index in [1.165, 1.54) is 137 Å². The minimum absolute atomic E-state index is 0.00175. The van der Waals surface area contributed by atoms with E-state index in [1.54, 1.807) is 0 Å². The number of nitrogens with zero attached hydrogens (tertiary/aromatic N) is 3. The van der Waals surface area contributed by atoms with Gasteiger partial charge in [-0.15, -0.1) is 0 Å². The lowest BCUT2D eigenvalue weighted by molar-refractivity contribution is 0.589. The first-order chi connectivity index (χ1) is 34.7. The van der Waals surface area contributed by atoms with Gasteiger partial charge in [-0.25, -0.2) is 0 Å². The highest BCUT2D eigenvalue weighted by molar-refractivity contribution is 8.00. The second kappa shape index (κ2) is 15.8. The van der Waals surface area contributed by atoms with Gasteiger partial charge in [-0.3, -0.25) is 0 Å². The predicted molar refractivity (Wildman–Crippen MR) is 304 cm³/mol. The second-order valence-corrected chi connectivity index (χ2v) is 21.6. The van der Waals surface area contributed by atoms with Crippen molar-refractivity contribution >= 4 is 95.5 Å². The monoisotopic (exact) mass is 927 g/mol. The van der Waals surface area contributed by atoms with Crippen molar-refractivity contribution in [2.75, 3.05) is 4.90 Å². The van der Waals surface area contributed by atoms with Crippen LogP contribution in [0.5, 0.6) is 0 Å². The van der Waals surface area contributed by atoms with Crippen molar-refractivity contribution < 1.29 is 0 Å². The lowest BCUT2D eigenvalue weighted by atomic mass is 9.34. The molecule has 0 bridgehead atoms. The van der Waals surface area contributed by atoms with Crippen LogP contribution in [-0.4, -0.2) is 15.8 Å². The SMILES string of the molecule is Cc1c(-n2c3ccccc3c3ccccc32)ccc2c1Sc1cc(C(C)(C)C)cc3c1B2c1ccc(-n2c4ccccc4c4ccccc42)c(C)c1N3c1ccccc1-c1cccc(-c2ccccc2)c1. The van der Waals surface area contributed by atoms with Crippen LogP contribution in [0.25, 0.3) is 77.2 Å². The molecule has 0 aliphatic carbocycles. The lowest BCUT2D eigenvalue weighted by Gasteiger charge is -2.43. The molecule has 0 N–H and O–H groups in total. The third-order valence-corrected chi connectivity index (χ3v) is 16.8. The van der Waals surface area contributed by atoms with Crippen molar-refractivity contribution in [2.24, 2.45) is 0 Å². The van der Waals surface area contributed by atoms with E-state index in [9.17, 15) is 0 Å². The molecule has 14 rings (SSSR count). The van der Waals surface area contributed by atoms with Crippen molar-refractivity contribution in [3.63, 3.8) is 0 Å². The zero-order valence-electron chi connectivity index (χ0n) is 40.5. The second-order valence-electron chi connectivity index (χ2n) is 20.5. The maximum absolute atomic E-state index is 2.65. The Hall–Kier alpha value is -7.99. The molecule has 0 atom stereocenters. The van der Waals surface area contributed by atoms with Crippen LogP contribution in [0.4, 0.5) is 17.1 Å². The molecule has 0 spiro atoms. The zero-order chi connectivity index (χ0) is 47.7. The molecule has 2 aliphatic rings. The first kappa shape index (κ1) is 41.9. The number of aromatic nitrogens is 2. The summed E-state index contributed by atoms with van der Waals surface area (Å²) >= 11 is 1.96. The highest BCUT2D eigenvalue weighted by Crippen LogP contribution is 2.50. The number of hydrogen-bond acceptors (Lipinski definition) is 2. The maximum Gasteiger partial charge on any atom is 0.249 e. The summed E-state index contributed by atoms with van der Waals surface area (Å²) in [4.78, 5) is 5.33. The average Bonchev–Trinajstić information content (AvgIpc) is 3.92. The molecule has 0 amide bonds. The van der Waals surface area contributed by atoms with Gasteiger partial charge in [0.05, 0.1) is 39.1 Å². The van der Waals surface area contributed by atoms with Crippen molar-refractivity contribution in [1.82, 2.24) is 9.13 Å². The molecule has 10 aromatic carbocycles. The standard InChI is InChI=1S/C66H50BN3S/c1-41-54(68-57-30-15-10-25-48(57)49-26-11-16-31-58(49)68)36-34-52-64(41)70(56-29-14-9-24-47(56)45-23-19-22-44(38-45)43-20-7-6-8-21-43)61-39-46(66(3,4)5)40-62-63(61)67(52)53-35-37-55(42(2)65(53)71-62)69-59-32-17-12-27-50(59)51-28-13-18-33-60(51)69/h6-40H,1-5H3. The summed E-state index contributed by atoms with van der Waals surface area (Å²) in [6.45, 7) is 11.8. The van der Waals surface area contributed by atoms with E-state index in [0.717, 1.165) is 0 Å².